The van der Waals surface area contributed by atoms with E-state index in [2.05, 4.69) is 16.0 Å². The van der Waals surface area contributed by atoms with E-state index in [1.165, 1.54) is 22.9 Å². The maximum Gasteiger partial charge on any atom is 0.273 e. The number of aryl methyl sites for hydroxylation is 1. The molecule has 0 spiro atoms. The molecule has 31 heavy (non-hydrogen) atoms. The largest absolute Gasteiger partial charge is 0.319 e. The zero-order chi connectivity index (χ0) is 21.8. The summed E-state index contributed by atoms with van der Waals surface area (Å²) in [5.41, 5.74) is 6.90. The molecule has 0 unspecified atom stereocenters. The van der Waals surface area contributed by atoms with Crippen LogP contribution in [0.15, 0.2) is 90.0 Å². The van der Waals surface area contributed by atoms with Crippen LogP contribution in [0.25, 0.3) is 16.9 Å². The number of hydrogen-bond donors (Lipinski definition) is 2. The molecule has 0 fully saturated rings. The quantitative estimate of drug-likeness (QED) is 0.502. The molecular formula is C23H19N5O3. The molecule has 8 nitrogen and oxygen atoms in total. The Labute approximate surface area is 177 Å². The summed E-state index contributed by atoms with van der Waals surface area (Å²) in [6.45, 7) is 0. The van der Waals surface area contributed by atoms with E-state index in [1.807, 2.05) is 60.7 Å². The van der Waals surface area contributed by atoms with Crippen molar-refractivity contribution in [2.24, 2.45) is 7.05 Å². The predicted octanol–water partition coefficient (Wildman–Crippen LogP) is 2.31. The first kappa shape index (κ1) is 19.8. The summed E-state index contributed by atoms with van der Waals surface area (Å²) < 4.78 is 2.96. The van der Waals surface area contributed by atoms with Gasteiger partial charge in [-0.1, -0.05) is 48.5 Å². The van der Waals surface area contributed by atoms with Crippen LogP contribution in [0.3, 0.4) is 0 Å². The molecule has 2 N–H and O–H groups in total. The lowest BCUT2D eigenvalue weighted by Gasteiger charge is -2.08. The maximum absolute atomic E-state index is 12.9. The van der Waals surface area contributed by atoms with Crippen molar-refractivity contribution in [3.8, 4) is 16.9 Å². The highest BCUT2D eigenvalue weighted by Crippen LogP contribution is 2.23. The first-order valence-corrected chi connectivity index (χ1v) is 9.51. The third-order valence-corrected chi connectivity index (χ3v) is 4.68. The fraction of sp³-hybridized carbons (Fsp3) is 0.0435. The Bertz CT molecular complexity index is 1290. The van der Waals surface area contributed by atoms with E-state index in [-0.39, 0.29) is 11.1 Å². The van der Waals surface area contributed by atoms with Crippen molar-refractivity contribution >= 4 is 11.8 Å². The van der Waals surface area contributed by atoms with Crippen molar-refractivity contribution in [2.75, 3.05) is 0 Å². The Morgan fingerprint density at radius 2 is 1.52 bits per heavy atom. The molecule has 0 aliphatic heterocycles. The van der Waals surface area contributed by atoms with Crippen LogP contribution in [0.5, 0.6) is 0 Å². The summed E-state index contributed by atoms with van der Waals surface area (Å²) in [4.78, 5) is 37.0. The summed E-state index contributed by atoms with van der Waals surface area (Å²) in [5, 5.41) is 4.58. The molecule has 2 aromatic carbocycles. The molecule has 4 aromatic rings. The van der Waals surface area contributed by atoms with Gasteiger partial charge in [-0.3, -0.25) is 25.2 Å². The summed E-state index contributed by atoms with van der Waals surface area (Å²) >= 11 is 0. The lowest BCUT2D eigenvalue weighted by molar-refractivity contribution is 0.0847. The van der Waals surface area contributed by atoms with Gasteiger partial charge in [-0.2, -0.15) is 5.10 Å². The highest BCUT2D eigenvalue weighted by Gasteiger charge is 2.19. The molecule has 2 heterocycles. The second-order valence-electron chi connectivity index (χ2n) is 6.81. The minimum atomic E-state index is -0.595. The van der Waals surface area contributed by atoms with E-state index >= 15 is 0 Å². The molecule has 2 amide bonds. The number of benzene rings is 2. The zero-order valence-corrected chi connectivity index (χ0v) is 16.6. The molecule has 0 saturated heterocycles. The summed E-state index contributed by atoms with van der Waals surface area (Å²) in [5.74, 6) is -1.12. The molecule has 154 valence electrons. The third-order valence-electron chi connectivity index (χ3n) is 4.68. The Balaban J connectivity index is 1.60. The standard InChI is InChI=1S/C23H19N5O3/c1-27-13-12-17(14-20(27)29)22(30)24-25-23(31)19-15-28(18-10-6-3-7-11-18)26-21(19)16-8-4-2-5-9-16/h2-15H,1H3,(H,24,30)(H,25,31). The van der Waals surface area contributed by atoms with Gasteiger partial charge in [-0.05, 0) is 18.2 Å². The number of rotatable bonds is 4. The first-order valence-electron chi connectivity index (χ1n) is 9.51. The van der Waals surface area contributed by atoms with Gasteiger partial charge in [0.15, 0.2) is 0 Å². The van der Waals surface area contributed by atoms with Crippen molar-refractivity contribution in [2.45, 2.75) is 0 Å². The number of pyridine rings is 1. The third kappa shape index (κ3) is 4.27. The van der Waals surface area contributed by atoms with Gasteiger partial charge >= 0.3 is 0 Å². The highest BCUT2D eigenvalue weighted by molar-refractivity contribution is 6.02. The van der Waals surface area contributed by atoms with E-state index in [0.717, 1.165) is 11.3 Å². The molecular weight excluding hydrogens is 394 g/mol. The summed E-state index contributed by atoms with van der Waals surface area (Å²) in [7, 11) is 1.58. The maximum atomic E-state index is 12.9. The summed E-state index contributed by atoms with van der Waals surface area (Å²) in [6, 6.07) is 21.4. The van der Waals surface area contributed by atoms with Crippen LogP contribution in [0.1, 0.15) is 20.7 Å². The van der Waals surface area contributed by atoms with Gasteiger partial charge in [0.05, 0.1) is 11.3 Å². The molecule has 8 heteroatoms. The SMILES string of the molecule is Cn1ccc(C(=O)NNC(=O)c2cn(-c3ccccc3)nc2-c2ccccc2)cc1=O. The Morgan fingerprint density at radius 1 is 0.871 bits per heavy atom. The van der Waals surface area contributed by atoms with Crippen molar-refractivity contribution < 1.29 is 9.59 Å². The van der Waals surface area contributed by atoms with Gasteiger partial charge < -0.3 is 4.57 Å². The van der Waals surface area contributed by atoms with E-state index in [9.17, 15) is 14.4 Å². The average molecular weight is 413 g/mol. The van der Waals surface area contributed by atoms with Crippen molar-refractivity contribution in [3.05, 3.63) is 107 Å². The number of aromatic nitrogens is 3. The van der Waals surface area contributed by atoms with Gasteiger partial charge in [0.2, 0.25) is 0 Å². The van der Waals surface area contributed by atoms with Crippen LogP contribution < -0.4 is 16.4 Å². The lowest BCUT2D eigenvalue weighted by Crippen LogP contribution is -2.42. The number of carbonyl (C=O) groups is 2. The van der Waals surface area contributed by atoms with Crippen molar-refractivity contribution in [1.29, 1.82) is 0 Å². The second-order valence-corrected chi connectivity index (χ2v) is 6.81. The monoisotopic (exact) mass is 413 g/mol. The second kappa shape index (κ2) is 8.50. The Hall–Kier alpha value is -4.46. The number of carbonyl (C=O) groups excluding carboxylic acids is 2. The molecule has 0 bridgehead atoms. The topological polar surface area (TPSA) is 98.0 Å². The number of amides is 2. The lowest BCUT2D eigenvalue weighted by atomic mass is 10.1. The fourth-order valence-corrected chi connectivity index (χ4v) is 3.01. The predicted molar refractivity (Wildman–Crippen MR) is 116 cm³/mol. The normalized spacial score (nSPS) is 10.5. The smallest absolute Gasteiger partial charge is 0.273 e. The number of nitrogens with one attached hydrogen (secondary N) is 2. The molecule has 4 rings (SSSR count). The van der Waals surface area contributed by atoms with Crippen molar-refractivity contribution in [3.63, 3.8) is 0 Å². The zero-order valence-electron chi connectivity index (χ0n) is 16.6. The van der Waals surface area contributed by atoms with Crippen LogP contribution in [0.2, 0.25) is 0 Å². The minimum absolute atomic E-state index is 0.145. The van der Waals surface area contributed by atoms with Gasteiger partial charge in [0.25, 0.3) is 17.4 Å². The molecule has 0 aliphatic rings. The molecule has 0 radical (unpaired) electrons. The minimum Gasteiger partial charge on any atom is -0.319 e. The summed E-state index contributed by atoms with van der Waals surface area (Å²) in [6.07, 6.45) is 3.09. The number of hydrazine groups is 1. The number of hydrogen-bond acceptors (Lipinski definition) is 4. The van der Waals surface area contributed by atoms with Gasteiger partial charge in [-0.25, -0.2) is 4.68 Å². The van der Waals surface area contributed by atoms with E-state index in [1.54, 1.807) is 17.9 Å². The highest BCUT2D eigenvalue weighted by atomic mass is 16.2. The molecule has 0 aliphatic carbocycles. The van der Waals surface area contributed by atoms with Crippen LogP contribution in [-0.4, -0.2) is 26.2 Å². The average Bonchev–Trinajstić information content (AvgIpc) is 3.26. The Morgan fingerprint density at radius 3 is 2.19 bits per heavy atom. The van der Waals surface area contributed by atoms with E-state index < -0.39 is 11.8 Å². The molecule has 0 atom stereocenters. The van der Waals surface area contributed by atoms with Crippen LogP contribution in [-0.2, 0) is 7.05 Å². The number of nitrogens with zero attached hydrogens (tertiary/aromatic N) is 3. The fourth-order valence-electron chi connectivity index (χ4n) is 3.01. The van der Waals surface area contributed by atoms with Gasteiger partial charge in [-0.15, -0.1) is 0 Å². The van der Waals surface area contributed by atoms with Crippen LogP contribution >= 0.6 is 0 Å². The molecule has 0 saturated carbocycles. The van der Waals surface area contributed by atoms with Gasteiger partial charge in [0.1, 0.15) is 5.69 Å². The van der Waals surface area contributed by atoms with Gasteiger partial charge in [0, 0.05) is 36.6 Å². The molecule has 2 aromatic heterocycles. The van der Waals surface area contributed by atoms with Crippen LogP contribution in [0, 0.1) is 0 Å². The van der Waals surface area contributed by atoms with Crippen LogP contribution in [0.4, 0.5) is 0 Å². The Kier molecular flexibility index (Phi) is 5.44. The van der Waals surface area contributed by atoms with E-state index in [0.29, 0.717) is 11.3 Å². The first-order chi connectivity index (χ1) is 15.0. The number of para-hydroxylation sites is 1. The van der Waals surface area contributed by atoms with E-state index in [4.69, 9.17) is 0 Å². The van der Waals surface area contributed by atoms with Crippen molar-refractivity contribution in [1.82, 2.24) is 25.2 Å².